The van der Waals surface area contributed by atoms with E-state index in [0.717, 1.165) is 11.4 Å². The Morgan fingerprint density at radius 3 is 1.53 bits per heavy atom. The number of nitrogens with two attached hydrogens (primary N) is 1. The third-order valence-corrected chi connectivity index (χ3v) is 12.9. The summed E-state index contributed by atoms with van der Waals surface area (Å²) in [5.74, 6) is -7.91. The number of aromatic amines is 2. The number of hydrogen-bond acceptors (Lipinski definition) is 19. The topological polar surface area (TPSA) is 517 Å². The number of primary amides is 1. The smallest absolute Gasteiger partial charge is 0.303 e. The number of carbonyl (C=O) groups excluding carboxylic acids is 10. The predicted molar refractivity (Wildman–Crippen MR) is 314 cm³/mol. The number of imidazole rings is 2. The first-order valence-electron chi connectivity index (χ1n) is 28.0. The lowest BCUT2D eigenvalue weighted by molar-refractivity contribution is -0.138. The Morgan fingerprint density at radius 1 is 0.602 bits per heavy atom. The standard InChI is InChI=1S/C53H78FN17O16S/c54-35(47(82)48(83)39(73)28-72)25-66-71-53(88)67-32-9-7-31(8-10-32)50(85)69-37(6-2-4-20-59-45(79)27-63-43(77)15-13-41(75)61-22-18-34-24-57-30-65-34)51(86)70-38(11-16-46(80)81)52(87)68-36(49(55)84)5-1-3-19-58-44(78)26-62-42(76)14-12-40(74)60-21-17-33-23-56-29-64-33/h7-10,23-25,29-30,35-39,47-48,72-73,82-83H,1-6,11-22,26-28H2,(H2,55,84)(H,56,64)(H,57,65)(H,58,78)(H,59,79)(H,60,74)(H,61,75)(H,62,76)(H,63,77)(H,68,87)(H,69,85)(H,70,86)(H,80,81)(H2,67,71,88)/b66-25+. The highest BCUT2D eigenvalue weighted by Crippen LogP contribution is 2.13. The van der Waals surface area contributed by atoms with Crippen LogP contribution in [0.15, 0.2) is 54.4 Å². The van der Waals surface area contributed by atoms with E-state index < -0.39 is 122 Å². The number of aliphatic hydroxyl groups excluding tert-OH is 4. The summed E-state index contributed by atoms with van der Waals surface area (Å²) >= 11 is 5.13. The Labute approximate surface area is 509 Å². The van der Waals surface area contributed by atoms with Crippen LogP contribution in [0.1, 0.15) is 98.8 Å². The van der Waals surface area contributed by atoms with Crippen LogP contribution in [0.25, 0.3) is 0 Å². The Balaban J connectivity index is 1.58. The molecule has 0 spiro atoms. The van der Waals surface area contributed by atoms with Crippen LogP contribution in [0, 0.1) is 0 Å². The summed E-state index contributed by atoms with van der Waals surface area (Å²) in [6, 6.07) is 1.12. The molecule has 3 rings (SSSR count). The first kappa shape index (κ1) is 73.2. The molecule has 2 heterocycles. The highest BCUT2D eigenvalue weighted by Gasteiger charge is 2.32. The van der Waals surface area contributed by atoms with E-state index in [-0.39, 0.29) is 112 Å². The number of nitrogens with one attached hydrogen (secondary N) is 13. The third-order valence-electron chi connectivity index (χ3n) is 12.7. The summed E-state index contributed by atoms with van der Waals surface area (Å²) in [7, 11) is 0. The molecule has 0 aliphatic rings. The van der Waals surface area contributed by atoms with Crippen LogP contribution >= 0.6 is 12.2 Å². The van der Waals surface area contributed by atoms with Gasteiger partial charge in [-0.3, -0.25) is 58.2 Å². The Morgan fingerprint density at radius 2 is 1.07 bits per heavy atom. The number of anilines is 1. The minimum absolute atomic E-state index is 0.000799. The van der Waals surface area contributed by atoms with E-state index >= 15 is 0 Å². The molecular weight excluding hydrogens is 1180 g/mol. The average Bonchev–Trinajstić information content (AvgIpc) is 4.37. The summed E-state index contributed by atoms with van der Waals surface area (Å²) < 4.78 is 14.3. The molecule has 0 saturated carbocycles. The van der Waals surface area contributed by atoms with E-state index in [4.69, 9.17) is 23.1 Å². The van der Waals surface area contributed by atoms with Crippen LogP contribution in [0.2, 0.25) is 0 Å². The minimum Gasteiger partial charge on any atom is -0.481 e. The largest absolute Gasteiger partial charge is 0.481 e. The van der Waals surface area contributed by atoms with Crippen molar-refractivity contribution in [1.29, 1.82) is 0 Å². The lowest BCUT2D eigenvalue weighted by atomic mass is 10.0. The van der Waals surface area contributed by atoms with Crippen molar-refractivity contribution >= 4 is 94.3 Å². The summed E-state index contributed by atoms with van der Waals surface area (Å²) in [5.41, 5.74) is 9.82. The molecule has 88 heavy (non-hydrogen) atoms. The highest BCUT2D eigenvalue weighted by molar-refractivity contribution is 7.80. The zero-order chi connectivity index (χ0) is 64.8. The number of benzene rings is 1. The predicted octanol–water partition coefficient (Wildman–Crippen LogP) is -4.68. The fourth-order valence-corrected chi connectivity index (χ4v) is 7.90. The van der Waals surface area contributed by atoms with Crippen LogP contribution in [0.4, 0.5) is 10.1 Å². The number of carboxylic acids is 1. The SMILES string of the molecule is NC(=O)C(CCCCNC(=O)CNC(=O)CCC(=O)NCCc1cnc[nH]1)NC(=O)C(CCC(=O)O)NC(=O)C(CCCCNC(=O)CNC(=O)CCC(=O)NCCc1cnc[nH]1)NC(=O)c1ccc(NC(=S)N/N=C/C(F)C(O)C(O)C(O)CO)cc1. The number of alkyl halides is 1. The van der Waals surface area contributed by atoms with E-state index in [1.807, 2.05) is 0 Å². The van der Waals surface area contributed by atoms with Crippen molar-refractivity contribution < 1.29 is 82.7 Å². The zero-order valence-corrected chi connectivity index (χ0v) is 48.8. The number of hydrogen-bond donors (Lipinski definition) is 19. The Hall–Kier alpha value is -9.06. The quantitative estimate of drug-likeness (QED) is 0.0110. The number of unbranched alkanes of at least 4 members (excludes halogenated alkanes) is 2. The van der Waals surface area contributed by atoms with Crippen molar-refractivity contribution in [1.82, 2.24) is 73.2 Å². The van der Waals surface area contributed by atoms with Crippen molar-refractivity contribution in [3.8, 4) is 0 Å². The van der Waals surface area contributed by atoms with E-state index in [1.54, 1.807) is 12.4 Å². The van der Waals surface area contributed by atoms with E-state index in [0.29, 0.717) is 32.1 Å². The van der Waals surface area contributed by atoms with E-state index in [1.165, 1.54) is 36.9 Å². The molecule has 0 aliphatic heterocycles. The number of amides is 10. The zero-order valence-electron chi connectivity index (χ0n) is 48.0. The molecule has 20 N–H and O–H groups in total. The number of nitrogens with zero attached hydrogens (tertiary/aromatic N) is 3. The lowest BCUT2D eigenvalue weighted by Crippen LogP contribution is -2.56. The molecule has 0 saturated heterocycles. The van der Waals surface area contributed by atoms with Gasteiger partial charge in [-0.05, 0) is 81.4 Å². The summed E-state index contributed by atoms with van der Waals surface area (Å²) in [5, 5.41) is 76.4. The van der Waals surface area contributed by atoms with Gasteiger partial charge in [0.2, 0.25) is 53.2 Å². The molecule has 0 aliphatic carbocycles. The number of aliphatic hydroxyl groups is 4. The fraction of sp³-hybridized carbons (Fsp3) is 0.528. The molecular formula is C53H78FN17O16S. The maximum absolute atomic E-state index is 14.3. The molecule has 35 heteroatoms. The maximum atomic E-state index is 14.3. The minimum atomic E-state index is -2.29. The second kappa shape index (κ2) is 41.1. The van der Waals surface area contributed by atoms with Crippen molar-refractivity contribution in [2.24, 2.45) is 10.8 Å². The molecule has 0 fully saturated rings. The van der Waals surface area contributed by atoms with Gasteiger partial charge in [-0.1, -0.05) is 0 Å². The Kier molecular flexibility index (Phi) is 34.2. The van der Waals surface area contributed by atoms with Gasteiger partial charge in [0, 0.05) is 106 Å². The van der Waals surface area contributed by atoms with Gasteiger partial charge in [-0.25, -0.2) is 14.4 Å². The number of carbonyl (C=O) groups is 11. The second-order valence-electron chi connectivity index (χ2n) is 19.7. The second-order valence-corrected chi connectivity index (χ2v) is 20.1. The van der Waals surface area contributed by atoms with Gasteiger partial charge >= 0.3 is 5.97 Å². The monoisotopic (exact) mass is 1260 g/mol. The van der Waals surface area contributed by atoms with E-state index in [2.05, 4.69) is 83.6 Å². The summed E-state index contributed by atoms with van der Waals surface area (Å²) in [6.07, 6.45) is -1.34. The number of halogens is 1. The lowest BCUT2D eigenvalue weighted by Gasteiger charge is -2.25. The molecule has 7 unspecified atom stereocenters. The van der Waals surface area contributed by atoms with Crippen molar-refractivity contribution in [3.63, 3.8) is 0 Å². The van der Waals surface area contributed by atoms with Gasteiger partial charge in [0.15, 0.2) is 11.3 Å². The van der Waals surface area contributed by atoms with Crippen molar-refractivity contribution in [3.05, 3.63) is 66.3 Å². The summed E-state index contributed by atoms with van der Waals surface area (Å²) in [4.78, 5) is 153. The average molecular weight is 1260 g/mol. The van der Waals surface area contributed by atoms with Gasteiger partial charge < -0.3 is 94.4 Å². The molecule has 484 valence electrons. The Bertz CT molecular complexity index is 2760. The van der Waals surface area contributed by atoms with Crippen molar-refractivity contribution in [2.45, 2.75) is 133 Å². The number of hydrazone groups is 1. The normalized spacial score (nSPS) is 13.4. The first-order valence-corrected chi connectivity index (χ1v) is 28.4. The molecule has 33 nitrogen and oxygen atoms in total. The molecule has 10 amide bonds. The van der Waals surface area contributed by atoms with Crippen LogP contribution in [0.3, 0.4) is 0 Å². The third kappa shape index (κ3) is 30.8. The highest BCUT2D eigenvalue weighted by atomic mass is 32.1. The van der Waals surface area contributed by atoms with Gasteiger partial charge in [0.1, 0.15) is 36.4 Å². The number of carboxylic acid groups (broad SMARTS) is 1. The first-order chi connectivity index (χ1) is 42.0. The fourth-order valence-electron chi connectivity index (χ4n) is 7.73. The van der Waals surface area contributed by atoms with Gasteiger partial charge in [0.05, 0.1) is 38.6 Å². The molecule has 0 bridgehead atoms. The van der Waals surface area contributed by atoms with Crippen LogP contribution in [-0.4, -0.2) is 210 Å². The van der Waals surface area contributed by atoms with Crippen LogP contribution in [0.5, 0.6) is 0 Å². The van der Waals surface area contributed by atoms with E-state index in [9.17, 15) is 77.6 Å². The van der Waals surface area contributed by atoms with Gasteiger partial charge in [-0.2, -0.15) is 5.10 Å². The molecule has 2 aromatic heterocycles. The van der Waals surface area contributed by atoms with Crippen molar-refractivity contribution in [2.75, 3.05) is 51.2 Å². The van der Waals surface area contributed by atoms with Gasteiger partial charge in [0.25, 0.3) is 5.91 Å². The number of thiocarbonyl (C=S) groups is 1. The molecule has 1 aromatic carbocycles. The van der Waals surface area contributed by atoms with Crippen LogP contribution < -0.4 is 64.3 Å². The molecule has 7 atom stereocenters. The molecule has 0 radical (unpaired) electrons. The van der Waals surface area contributed by atoms with Gasteiger partial charge in [-0.15, -0.1) is 0 Å². The van der Waals surface area contributed by atoms with Crippen LogP contribution in [-0.2, 0) is 60.8 Å². The summed E-state index contributed by atoms with van der Waals surface area (Å²) in [6.45, 7) is -0.914. The number of rotatable bonds is 43. The number of aliphatic carboxylic acids is 1. The number of aromatic nitrogens is 4. The maximum Gasteiger partial charge on any atom is 0.303 e. The molecule has 3 aromatic rings. The number of H-pyrrole nitrogens is 2.